The van der Waals surface area contributed by atoms with Crippen molar-refractivity contribution in [1.82, 2.24) is 4.98 Å². The third kappa shape index (κ3) is 3.80. The van der Waals surface area contributed by atoms with Crippen LogP contribution in [0.5, 0.6) is 5.75 Å². The van der Waals surface area contributed by atoms with Crippen LogP contribution in [0, 0.1) is 0 Å². The highest BCUT2D eigenvalue weighted by Gasteiger charge is 2.32. The summed E-state index contributed by atoms with van der Waals surface area (Å²) in [6, 6.07) is 8.48. The molecule has 2 heterocycles. The predicted molar refractivity (Wildman–Crippen MR) is 95.4 cm³/mol. The predicted octanol–water partition coefficient (Wildman–Crippen LogP) is 2.76. The van der Waals surface area contributed by atoms with Crippen LogP contribution in [0.4, 0.5) is 20.3 Å². The number of pyridine rings is 1. The maximum absolute atomic E-state index is 13.2. The van der Waals surface area contributed by atoms with Gasteiger partial charge in [0.25, 0.3) is 11.6 Å². The van der Waals surface area contributed by atoms with Crippen molar-refractivity contribution >= 4 is 32.6 Å². The minimum Gasteiger partial charge on any atom is -0.481 e. The molecule has 0 bridgehead atoms. The summed E-state index contributed by atoms with van der Waals surface area (Å²) in [4.78, 5) is 29.9. The molecule has 1 aromatic carbocycles. The largest absolute Gasteiger partial charge is 0.481 e. The maximum Gasteiger partial charge on any atom is 0.283 e. The van der Waals surface area contributed by atoms with E-state index in [1.165, 1.54) is 51.5 Å². The van der Waals surface area contributed by atoms with Crippen molar-refractivity contribution in [1.29, 1.82) is 0 Å². The zero-order valence-corrected chi connectivity index (χ0v) is 14.9. The van der Waals surface area contributed by atoms with Gasteiger partial charge in [-0.25, -0.2) is 4.98 Å². The molecule has 2 atom stereocenters. The molecule has 0 radical (unpaired) electrons. The molecule has 1 aliphatic rings. The highest BCUT2D eigenvalue weighted by Crippen LogP contribution is 2.35. The van der Waals surface area contributed by atoms with Gasteiger partial charge in [0.1, 0.15) is 12.3 Å². The van der Waals surface area contributed by atoms with Gasteiger partial charge in [0, 0.05) is 11.8 Å². The number of benzene rings is 1. The van der Waals surface area contributed by atoms with E-state index in [1.54, 1.807) is 12.1 Å². The average Bonchev–Trinajstić information content (AvgIpc) is 2.60. The van der Waals surface area contributed by atoms with E-state index in [2.05, 4.69) is 10.3 Å². The molecule has 9 heteroatoms. The first-order valence-electron chi connectivity index (χ1n) is 7.76. The average molecular weight is 379 g/mol. The van der Waals surface area contributed by atoms with Crippen molar-refractivity contribution in [3.8, 4) is 5.75 Å². The van der Waals surface area contributed by atoms with Gasteiger partial charge in [0.15, 0.2) is 11.9 Å². The molecule has 1 aliphatic heterocycles. The minimum atomic E-state index is -3.03. The Morgan fingerprint density at radius 2 is 2.04 bits per heavy atom. The Kier molecular flexibility index (Phi) is 4.87. The fraction of sp³-hybridized carbons (Fsp3) is 0.235. The number of alkyl halides is 2. The van der Waals surface area contributed by atoms with Gasteiger partial charge in [-0.3, -0.25) is 14.5 Å². The van der Waals surface area contributed by atoms with Gasteiger partial charge in [-0.05, 0) is 43.3 Å². The van der Waals surface area contributed by atoms with Crippen LogP contribution in [0.2, 0.25) is 0 Å². The number of hydrogen-bond donors (Lipinski definition) is 1. The Labute approximate surface area is 150 Å². The number of hydrogen-bond acceptors (Lipinski definition) is 4. The lowest BCUT2D eigenvalue weighted by atomic mass is 10.2. The second kappa shape index (κ2) is 6.96. The number of ether oxygens (including phenoxy) is 1. The summed E-state index contributed by atoms with van der Waals surface area (Å²) < 4.78 is 32.0. The Balaban J connectivity index is 1.75. The fourth-order valence-electron chi connectivity index (χ4n) is 2.53. The van der Waals surface area contributed by atoms with Gasteiger partial charge in [-0.15, -0.1) is 0 Å². The van der Waals surface area contributed by atoms with Crippen molar-refractivity contribution < 1.29 is 23.1 Å². The number of aromatic nitrogens is 1. The number of rotatable bonds is 4. The molecule has 0 saturated carbocycles. The quantitative estimate of drug-likeness (QED) is 0.830. The van der Waals surface area contributed by atoms with E-state index in [-0.39, 0.29) is 23.8 Å². The lowest BCUT2D eigenvalue weighted by molar-refractivity contribution is -0.126. The number of nitrogens with zero attached hydrogens (tertiary/aromatic N) is 2. The van der Waals surface area contributed by atoms with Gasteiger partial charge in [-0.1, -0.05) is 9.24 Å². The van der Waals surface area contributed by atoms with Crippen LogP contribution in [-0.2, 0) is 15.3 Å². The Morgan fingerprint density at radius 3 is 2.69 bits per heavy atom. The molecule has 6 nitrogen and oxygen atoms in total. The van der Waals surface area contributed by atoms with Crippen LogP contribution in [0.25, 0.3) is 0 Å². The highest BCUT2D eigenvalue weighted by molar-refractivity contribution is 7.17. The number of carbonyl (C=O) groups excluding carboxylic acids is 2. The smallest absolute Gasteiger partial charge is 0.283 e. The summed E-state index contributed by atoms with van der Waals surface area (Å²) in [6.45, 7) is 1.35. The van der Waals surface area contributed by atoms with E-state index in [9.17, 15) is 18.4 Å². The van der Waals surface area contributed by atoms with E-state index in [0.29, 0.717) is 11.5 Å². The Bertz CT molecular complexity index is 840. The first-order chi connectivity index (χ1) is 12.3. The topological polar surface area (TPSA) is 71.5 Å². The summed E-state index contributed by atoms with van der Waals surface area (Å²) in [5.74, 6) is -0.185. The molecule has 0 saturated heterocycles. The summed E-state index contributed by atoms with van der Waals surface area (Å²) in [5, 5.41) is 2.64. The molecule has 2 amide bonds. The molecule has 0 fully saturated rings. The number of carbonyl (C=O) groups is 2. The van der Waals surface area contributed by atoms with Crippen LogP contribution in [0.3, 0.4) is 0 Å². The van der Waals surface area contributed by atoms with Crippen molar-refractivity contribution in [2.24, 2.45) is 0 Å². The van der Waals surface area contributed by atoms with Crippen molar-refractivity contribution in [3.05, 3.63) is 48.2 Å². The van der Waals surface area contributed by atoms with Crippen LogP contribution < -0.4 is 15.0 Å². The second-order valence-electron chi connectivity index (χ2n) is 5.75. The maximum atomic E-state index is 13.2. The van der Waals surface area contributed by atoms with E-state index in [1.807, 2.05) is 0 Å². The van der Waals surface area contributed by atoms with E-state index in [0.717, 1.165) is 0 Å². The number of fused-ring (bicyclic) bond motifs is 1. The highest BCUT2D eigenvalue weighted by atomic mass is 31.0. The molecule has 1 N–H and O–H groups in total. The van der Waals surface area contributed by atoms with Gasteiger partial charge in [-0.2, -0.15) is 8.78 Å². The SMILES string of the molecule is CC(Oc1ccc(C(F)(F)P)cc1)C(=O)N1CC(=O)Nc2cccnc21. The Morgan fingerprint density at radius 1 is 1.35 bits per heavy atom. The summed E-state index contributed by atoms with van der Waals surface area (Å²) >= 11 is 0. The zero-order valence-electron chi connectivity index (χ0n) is 13.8. The number of nitrogens with one attached hydrogen (secondary N) is 1. The third-order valence-corrected chi connectivity index (χ3v) is 4.12. The third-order valence-electron chi connectivity index (χ3n) is 3.78. The van der Waals surface area contributed by atoms with Crippen molar-refractivity contribution in [2.45, 2.75) is 18.7 Å². The molecule has 2 aromatic rings. The zero-order chi connectivity index (χ0) is 18.9. The summed E-state index contributed by atoms with van der Waals surface area (Å²) in [7, 11) is 1.46. The van der Waals surface area contributed by atoms with Gasteiger partial charge >= 0.3 is 0 Å². The first-order valence-corrected chi connectivity index (χ1v) is 8.33. The number of amides is 2. The molecule has 0 spiro atoms. The van der Waals surface area contributed by atoms with Gasteiger partial charge in [0.2, 0.25) is 5.91 Å². The van der Waals surface area contributed by atoms with Crippen molar-refractivity contribution in [2.75, 3.05) is 16.8 Å². The van der Waals surface area contributed by atoms with Crippen LogP contribution in [0.1, 0.15) is 12.5 Å². The van der Waals surface area contributed by atoms with E-state index >= 15 is 0 Å². The molecule has 2 unspecified atom stereocenters. The molecule has 136 valence electrons. The number of halogens is 2. The van der Waals surface area contributed by atoms with Crippen molar-refractivity contribution in [3.63, 3.8) is 0 Å². The monoisotopic (exact) mass is 379 g/mol. The molecular weight excluding hydrogens is 363 g/mol. The lowest BCUT2D eigenvalue weighted by Gasteiger charge is -2.29. The molecule has 1 aromatic heterocycles. The van der Waals surface area contributed by atoms with Crippen LogP contribution >= 0.6 is 9.24 Å². The first kappa shape index (κ1) is 18.2. The molecule has 26 heavy (non-hydrogen) atoms. The second-order valence-corrected chi connectivity index (χ2v) is 6.48. The van der Waals surface area contributed by atoms with Gasteiger partial charge < -0.3 is 10.1 Å². The normalized spacial score (nSPS) is 15.1. The minimum absolute atomic E-state index is 0.172. The molecule has 0 aliphatic carbocycles. The summed E-state index contributed by atoms with van der Waals surface area (Å²) in [6.07, 6.45) is 0.585. The van der Waals surface area contributed by atoms with E-state index in [4.69, 9.17) is 4.74 Å². The van der Waals surface area contributed by atoms with Crippen LogP contribution in [0.15, 0.2) is 42.6 Å². The van der Waals surface area contributed by atoms with Crippen LogP contribution in [-0.4, -0.2) is 29.4 Å². The molecular formula is C17H16F2N3O3P. The standard InChI is InChI=1S/C17H16F2N3O3P/c1-10(25-12-6-4-11(5-7-12)17(18,19)26)16(24)22-9-14(23)21-13-3-2-8-20-15(13)22/h2-8,10H,9,26H2,1H3,(H,21,23). The molecule has 3 rings (SSSR count). The Hall–Kier alpha value is -2.60. The van der Waals surface area contributed by atoms with E-state index < -0.39 is 17.7 Å². The lowest BCUT2D eigenvalue weighted by Crippen LogP contribution is -2.47. The van der Waals surface area contributed by atoms with Gasteiger partial charge in [0.05, 0.1) is 5.69 Å². The number of anilines is 2. The summed E-state index contributed by atoms with van der Waals surface area (Å²) in [5.41, 5.74) is -2.77. The fourth-order valence-corrected chi connectivity index (χ4v) is 2.72.